The summed E-state index contributed by atoms with van der Waals surface area (Å²) < 4.78 is 5.37. The largest absolute Gasteiger partial charge is 0.378 e. The van der Waals surface area contributed by atoms with E-state index in [4.69, 9.17) is 4.74 Å². The van der Waals surface area contributed by atoms with Crippen LogP contribution in [0.3, 0.4) is 0 Å². The van der Waals surface area contributed by atoms with Crippen molar-refractivity contribution >= 4 is 17.7 Å². The topological polar surface area (TPSA) is 99.2 Å². The van der Waals surface area contributed by atoms with Crippen molar-refractivity contribution in [2.45, 2.75) is 45.2 Å². The zero-order valence-corrected chi connectivity index (χ0v) is 15.2. The summed E-state index contributed by atoms with van der Waals surface area (Å²) in [6.45, 7) is 8.54. The van der Waals surface area contributed by atoms with E-state index in [-0.39, 0.29) is 43.4 Å². The van der Waals surface area contributed by atoms with Gasteiger partial charge in [0.2, 0.25) is 5.91 Å². The van der Waals surface area contributed by atoms with Crippen molar-refractivity contribution in [2.24, 2.45) is 5.92 Å². The van der Waals surface area contributed by atoms with Crippen LogP contribution >= 0.6 is 0 Å². The average Bonchev–Trinajstić information content (AvgIpc) is 2.93. The second-order valence-corrected chi connectivity index (χ2v) is 7.60. The summed E-state index contributed by atoms with van der Waals surface area (Å²) in [5, 5.41) is 14.3. The van der Waals surface area contributed by atoms with Crippen LogP contribution in [0.25, 0.3) is 0 Å². The second kappa shape index (κ2) is 7.23. The third-order valence-corrected chi connectivity index (χ3v) is 4.90. The van der Waals surface area contributed by atoms with E-state index in [0.29, 0.717) is 13.0 Å². The van der Waals surface area contributed by atoms with E-state index in [1.54, 1.807) is 0 Å². The molecule has 0 aliphatic carbocycles. The minimum Gasteiger partial charge on any atom is -0.378 e. The van der Waals surface area contributed by atoms with Crippen molar-refractivity contribution in [3.8, 4) is 0 Å². The van der Waals surface area contributed by atoms with Crippen molar-refractivity contribution in [1.82, 2.24) is 15.3 Å². The number of rotatable bonds is 7. The van der Waals surface area contributed by atoms with Gasteiger partial charge in [0.05, 0.1) is 31.2 Å². The number of hydroxylamine groups is 2. The molecule has 0 radical (unpaired) electrons. The van der Waals surface area contributed by atoms with E-state index in [9.17, 15) is 19.6 Å². The SMILES string of the molecule is CC1(C)C[C@H](C(=O)NCCOCCN2C(=O)C=CC2=O)C(C)(C)N1O. The summed E-state index contributed by atoms with van der Waals surface area (Å²) in [6.07, 6.45) is 3.03. The molecule has 2 heterocycles. The molecule has 0 aromatic rings. The normalized spacial score (nSPS) is 25.0. The number of amides is 3. The van der Waals surface area contributed by atoms with E-state index >= 15 is 0 Å². The van der Waals surface area contributed by atoms with E-state index in [0.717, 1.165) is 4.90 Å². The van der Waals surface area contributed by atoms with Crippen LogP contribution in [-0.2, 0) is 19.1 Å². The van der Waals surface area contributed by atoms with Crippen LogP contribution in [0.15, 0.2) is 12.2 Å². The summed E-state index contributed by atoms with van der Waals surface area (Å²) in [5.74, 6) is -1.10. The van der Waals surface area contributed by atoms with E-state index in [1.807, 2.05) is 27.7 Å². The van der Waals surface area contributed by atoms with Crippen LogP contribution in [0.4, 0.5) is 0 Å². The number of carbonyl (C=O) groups excluding carboxylic acids is 3. The third kappa shape index (κ3) is 4.08. The molecule has 0 aromatic carbocycles. The molecule has 140 valence electrons. The van der Waals surface area contributed by atoms with Gasteiger partial charge in [-0.2, -0.15) is 5.06 Å². The fourth-order valence-electron chi connectivity index (χ4n) is 3.46. The monoisotopic (exact) mass is 353 g/mol. The highest BCUT2D eigenvalue weighted by Crippen LogP contribution is 2.43. The summed E-state index contributed by atoms with van der Waals surface area (Å²) >= 11 is 0. The molecule has 2 aliphatic heterocycles. The molecule has 2 N–H and O–H groups in total. The van der Waals surface area contributed by atoms with Crippen LogP contribution in [-0.4, -0.2) is 70.3 Å². The standard InChI is InChI=1S/C17H27N3O5/c1-16(2)11-12(17(3,4)20(16)24)15(23)18-7-9-25-10-8-19-13(21)5-6-14(19)22/h5-6,12,24H,7-11H2,1-4H3,(H,18,23)/t12-/m1/s1. The highest BCUT2D eigenvalue weighted by molar-refractivity contribution is 6.12. The molecule has 0 spiro atoms. The van der Waals surface area contributed by atoms with Gasteiger partial charge < -0.3 is 15.3 Å². The minimum atomic E-state index is -0.641. The summed E-state index contributed by atoms with van der Waals surface area (Å²) in [5.41, 5.74) is -1.09. The zero-order chi connectivity index (χ0) is 18.8. The number of carbonyl (C=O) groups is 3. The van der Waals surface area contributed by atoms with Gasteiger partial charge >= 0.3 is 0 Å². The maximum atomic E-state index is 12.4. The highest BCUT2D eigenvalue weighted by Gasteiger charge is 2.54. The predicted molar refractivity (Wildman–Crippen MR) is 89.6 cm³/mol. The minimum absolute atomic E-state index is 0.118. The molecule has 3 amide bonds. The molecule has 1 atom stereocenters. The van der Waals surface area contributed by atoms with E-state index in [2.05, 4.69) is 5.32 Å². The molecular formula is C17H27N3O5. The van der Waals surface area contributed by atoms with Gasteiger partial charge in [-0.15, -0.1) is 0 Å². The number of nitrogens with one attached hydrogen (secondary N) is 1. The zero-order valence-electron chi connectivity index (χ0n) is 15.2. The molecular weight excluding hydrogens is 326 g/mol. The Labute approximate surface area is 147 Å². The molecule has 8 nitrogen and oxygen atoms in total. The van der Waals surface area contributed by atoms with Crippen LogP contribution in [0, 0.1) is 5.92 Å². The van der Waals surface area contributed by atoms with Crippen LogP contribution in [0.2, 0.25) is 0 Å². The van der Waals surface area contributed by atoms with Gasteiger partial charge in [-0.05, 0) is 34.1 Å². The van der Waals surface area contributed by atoms with E-state index in [1.165, 1.54) is 17.2 Å². The van der Waals surface area contributed by atoms with Crippen molar-refractivity contribution in [3.05, 3.63) is 12.2 Å². The Morgan fingerprint density at radius 2 is 1.84 bits per heavy atom. The number of ether oxygens (including phenoxy) is 1. The first-order chi connectivity index (χ1) is 11.6. The predicted octanol–water partition coefficient (Wildman–Crippen LogP) is 0.313. The molecule has 8 heteroatoms. The first-order valence-electron chi connectivity index (χ1n) is 8.45. The molecule has 25 heavy (non-hydrogen) atoms. The highest BCUT2D eigenvalue weighted by atomic mass is 16.5. The summed E-state index contributed by atoms with van der Waals surface area (Å²) in [7, 11) is 0. The summed E-state index contributed by atoms with van der Waals surface area (Å²) in [6, 6.07) is 0. The average molecular weight is 353 g/mol. The Bertz CT molecular complexity index is 567. The Balaban J connectivity index is 1.68. The fourth-order valence-corrected chi connectivity index (χ4v) is 3.46. The molecule has 1 saturated heterocycles. The number of imide groups is 1. The van der Waals surface area contributed by atoms with Gasteiger partial charge in [-0.1, -0.05) is 0 Å². The Kier molecular flexibility index (Phi) is 5.65. The van der Waals surface area contributed by atoms with Crippen molar-refractivity contribution in [3.63, 3.8) is 0 Å². The molecule has 0 unspecified atom stereocenters. The maximum absolute atomic E-state index is 12.4. The lowest BCUT2D eigenvalue weighted by Crippen LogP contribution is -2.50. The van der Waals surface area contributed by atoms with Crippen molar-refractivity contribution in [1.29, 1.82) is 0 Å². The Hall–Kier alpha value is -1.77. The fraction of sp³-hybridized carbons (Fsp3) is 0.706. The van der Waals surface area contributed by atoms with Gasteiger partial charge in [0.25, 0.3) is 11.8 Å². The Morgan fingerprint density at radius 3 is 2.36 bits per heavy atom. The van der Waals surface area contributed by atoms with Crippen LogP contribution in [0.1, 0.15) is 34.1 Å². The maximum Gasteiger partial charge on any atom is 0.253 e. The first-order valence-corrected chi connectivity index (χ1v) is 8.45. The smallest absolute Gasteiger partial charge is 0.253 e. The van der Waals surface area contributed by atoms with Crippen LogP contribution < -0.4 is 5.32 Å². The lowest BCUT2D eigenvalue weighted by Gasteiger charge is -2.35. The van der Waals surface area contributed by atoms with Crippen molar-refractivity contribution < 1.29 is 24.3 Å². The first kappa shape index (κ1) is 19.6. The lowest BCUT2D eigenvalue weighted by atomic mass is 9.86. The lowest BCUT2D eigenvalue weighted by molar-refractivity contribution is -0.197. The quantitative estimate of drug-likeness (QED) is 0.505. The second-order valence-electron chi connectivity index (χ2n) is 7.60. The molecule has 0 saturated carbocycles. The van der Waals surface area contributed by atoms with Crippen LogP contribution in [0.5, 0.6) is 0 Å². The summed E-state index contributed by atoms with van der Waals surface area (Å²) in [4.78, 5) is 36.2. The molecule has 0 bridgehead atoms. The van der Waals surface area contributed by atoms with Gasteiger partial charge in [-0.3, -0.25) is 19.3 Å². The van der Waals surface area contributed by atoms with Gasteiger partial charge in [-0.25, -0.2) is 0 Å². The molecule has 2 rings (SSSR count). The van der Waals surface area contributed by atoms with Gasteiger partial charge in [0.1, 0.15) is 0 Å². The Morgan fingerprint density at radius 1 is 1.24 bits per heavy atom. The molecule has 2 aliphatic rings. The van der Waals surface area contributed by atoms with E-state index < -0.39 is 11.1 Å². The third-order valence-electron chi connectivity index (χ3n) is 4.90. The van der Waals surface area contributed by atoms with Gasteiger partial charge in [0, 0.05) is 24.2 Å². The number of nitrogens with zero attached hydrogens (tertiary/aromatic N) is 2. The molecule has 1 fully saturated rings. The number of hydrogen-bond donors (Lipinski definition) is 2. The molecule has 0 aromatic heterocycles. The van der Waals surface area contributed by atoms with Crippen molar-refractivity contribution in [2.75, 3.05) is 26.3 Å². The van der Waals surface area contributed by atoms with Gasteiger partial charge in [0.15, 0.2) is 0 Å². The number of hydrogen-bond acceptors (Lipinski definition) is 6.